The smallest absolute Gasteiger partial charge is 0.258 e. The fourth-order valence-electron chi connectivity index (χ4n) is 1.37. The van der Waals surface area contributed by atoms with Crippen molar-refractivity contribution < 1.29 is 4.92 Å². The van der Waals surface area contributed by atoms with Crippen LogP contribution in [0.15, 0.2) is 5.03 Å². The molecule has 5 nitrogen and oxygen atoms in total. The van der Waals surface area contributed by atoms with E-state index < -0.39 is 0 Å². The van der Waals surface area contributed by atoms with Crippen LogP contribution in [0.5, 0.6) is 0 Å². The summed E-state index contributed by atoms with van der Waals surface area (Å²) >= 11 is 6.95. The van der Waals surface area contributed by atoms with E-state index in [1.54, 1.807) is 11.7 Å². The van der Waals surface area contributed by atoms with Crippen LogP contribution in [-0.4, -0.2) is 26.3 Å². The summed E-state index contributed by atoms with van der Waals surface area (Å²) in [7, 11) is 1.72. The zero-order valence-corrected chi connectivity index (χ0v) is 11.0. The fourth-order valence-corrected chi connectivity index (χ4v) is 2.42. The quantitative estimate of drug-likeness (QED) is 0.355. The molecule has 0 radical (unpaired) electrons. The number of hydrogen-bond acceptors (Lipinski definition) is 4. The van der Waals surface area contributed by atoms with Crippen LogP contribution in [0.1, 0.15) is 25.5 Å². The largest absolute Gasteiger partial charge is 0.324 e. The molecule has 1 aromatic rings. The summed E-state index contributed by atoms with van der Waals surface area (Å²) in [5, 5.41) is 15.8. The first kappa shape index (κ1) is 13.3. The fraction of sp³-hybridized carbons (Fsp3) is 0.667. The molecule has 0 saturated carbocycles. The van der Waals surface area contributed by atoms with Gasteiger partial charge in [0.05, 0.1) is 4.92 Å². The summed E-state index contributed by atoms with van der Waals surface area (Å²) in [5.74, 6) is 1.14. The molecule has 7 heteroatoms. The predicted molar refractivity (Wildman–Crippen MR) is 65.4 cm³/mol. The summed E-state index contributed by atoms with van der Waals surface area (Å²) < 4.78 is 1.56. The summed E-state index contributed by atoms with van der Waals surface area (Å²) in [6.45, 7) is 3.79. The van der Waals surface area contributed by atoms with Crippen LogP contribution in [0.25, 0.3) is 0 Å². The van der Waals surface area contributed by atoms with Crippen molar-refractivity contribution in [3.05, 3.63) is 15.8 Å². The normalized spacial score (nSPS) is 11.1. The number of hydrogen-bond donors (Lipinski definition) is 0. The Balaban J connectivity index is 3.19. The minimum Gasteiger partial charge on any atom is -0.258 e. The molecule has 0 amide bonds. The first-order valence-corrected chi connectivity index (χ1v) is 6.41. The Hall–Kier alpha value is -0.750. The van der Waals surface area contributed by atoms with Crippen LogP contribution in [0.4, 0.5) is 5.69 Å². The molecular weight excluding hydrogens is 250 g/mol. The zero-order valence-electron chi connectivity index (χ0n) is 9.44. The van der Waals surface area contributed by atoms with Crippen molar-refractivity contribution in [1.29, 1.82) is 0 Å². The van der Waals surface area contributed by atoms with E-state index in [0.29, 0.717) is 22.4 Å². The number of nitro groups is 1. The Kier molecular flexibility index (Phi) is 4.61. The van der Waals surface area contributed by atoms with E-state index in [-0.39, 0.29) is 16.5 Å². The molecule has 0 unspecified atom stereocenters. The van der Waals surface area contributed by atoms with E-state index in [9.17, 15) is 10.1 Å². The third kappa shape index (κ3) is 2.68. The Morgan fingerprint density at radius 1 is 1.62 bits per heavy atom. The van der Waals surface area contributed by atoms with Gasteiger partial charge in [-0.2, -0.15) is 5.10 Å². The Bertz CT molecular complexity index is 392. The van der Waals surface area contributed by atoms with Crippen LogP contribution in [0, 0.1) is 10.1 Å². The average Bonchev–Trinajstić information content (AvgIpc) is 2.52. The molecule has 16 heavy (non-hydrogen) atoms. The lowest BCUT2D eigenvalue weighted by atomic mass is 10.1. The van der Waals surface area contributed by atoms with Crippen molar-refractivity contribution in [1.82, 2.24) is 9.78 Å². The van der Waals surface area contributed by atoms with Crippen molar-refractivity contribution in [2.75, 3.05) is 11.6 Å². The number of thioether (sulfide) groups is 1. The standard InChI is InChI=1S/C9H14ClN3O2S/c1-6(2)7-8(13(14)15)9(12(3)11-7)16-5-4-10/h6H,4-5H2,1-3H3. The molecule has 0 aliphatic heterocycles. The van der Waals surface area contributed by atoms with Crippen molar-refractivity contribution in [3.63, 3.8) is 0 Å². The van der Waals surface area contributed by atoms with Crippen LogP contribution in [0.2, 0.25) is 0 Å². The maximum Gasteiger partial charge on any atom is 0.324 e. The molecule has 1 heterocycles. The zero-order chi connectivity index (χ0) is 12.3. The van der Waals surface area contributed by atoms with Gasteiger partial charge in [-0.1, -0.05) is 25.6 Å². The molecule has 1 rings (SSSR count). The van der Waals surface area contributed by atoms with Gasteiger partial charge in [0, 0.05) is 24.6 Å². The van der Waals surface area contributed by atoms with E-state index in [0.717, 1.165) is 0 Å². The van der Waals surface area contributed by atoms with Gasteiger partial charge in [0.15, 0.2) is 5.03 Å². The van der Waals surface area contributed by atoms with Crippen molar-refractivity contribution in [2.45, 2.75) is 24.8 Å². The SMILES string of the molecule is CC(C)c1nn(C)c(SCCCl)c1[N+](=O)[O-]. The summed E-state index contributed by atoms with van der Waals surface area (Å²) in [6, 6.07) is 0. The number of nitrogens with zero attached hydrogens (tertiary/aromatic N) is 3. The maximum atomic E-state index is 11.0. The molecule has 0 saturated heterocycles. The highest BCUT2D eigenvalue weighted by Gasteiger charge is 2.28. The number of rotatable bonds is 5. The third-order valence-corrected chi connectivity index (χ3v) is 3.59. The van der Waals surface area contributed by atoms with E-state index >= 15 is 0 Å². The monoisotopic (exact) mass is 263 g/mol. The maximum absolute atomic E-state index is 11.0. The van der Waals surface area contributed by atoms with Gasteiger partial charge in [-0.25, -0.2) is 0 Å². The summed E-state index contributed by atoms with van der Waals surface area (Å²) in [6.07, 6.45) is 0. The van der Waals surface area contributed by atoms with E-state index in [4.69, 9.17) is 11.6 Å². The van der Waals surface area contributed by atoms with Gasteiger partial charge in [0.1, 0.15) is 5.69 Å². The van der Waals surface area contributed by atoms with Crippen molar-refractivity contribution in [3.8, 4) is 0 Å². The molecule has 0 atom stereocenters. The summed E-state index contributed by atoms with van der Waals surface area (Å²) in [5.41, 5.74) is 0.650. The van der Waals surface area contributed by atoms with Gasteiger partial charge >= 0.3 is 5.69 Å². The molecular formula is C9H14ClN3O2S. The second-order valence-corrected chi connectivity index (χ2v) is 5.07. The molecule has 0 fully saturated rings. The van der Waals surface area contributed by atoms with Gasteiger partial charge in [0.2, 0.25) is 0 Å². The minimum absolute atomic E-state index is 0.0388. The molecule has 0 spiro atoms. The first-order chi connectivity index (χ1) is 7.49. The van der Waals surface area contributed by atoms with E-state index in [1.807, 2.05) is 13.8 Å². The van der Waals surface area contributed by atoms with Crippen molar-refractivity contribution in [2.24, 2.45) is 7.05 Å². The second kappa shape index (κ2) is 5.54. The van der Waals surface area contributed by atoms with Gasteiger partial charge in [-0.3, -0.25) is 14.8 Å². The molecule has 0 N–H and O–H groups in total. The number of aromatic nitrogens is 2. The summed E-state index contributed by atoms with van der Waals surface area (Å²) in [4.78, 5) is 10.7. The number of alkyl halides is 1. The average molecular weight is 264 g/mol. The second-order valence-electron chi connectivity index (χ2n) is 3.61. The highest BCUT2D eigenvalue weighted by Crippen LogP contribution is 2.35. The Morgan fingerprint density at radius 2 is 2.25 bits per heavy atom. The van der Waals surface area contributed by atoms with Crippen molar-refractivity contribution >= 4 is 29.1 Å². The molecule has 0 aliphatic carbocycles. The molecule has 90 valence electrons. The lowest BCUT2D eigenvalue weighted by molar-refractivity contribution is -0.388. The number of aryl methyl sites for hydroxylation is 1. The van der Waals surface area contributed by atoms with E-state index in [1.165, 1.54) is 11.8 Å². The van der Waals surface area contributed by atoms with Gasteiger partial charge < -0.3 is 0 Å². The molecule has 0 bridgehead atoms. The van der Waals surface area contributed by atoms with Gasteiger partial charge in [-0.05, 0) is 0 Å². The highest BCUT2D eigenvalue weighted by molar-refractivity contribution is 7.99. The minimum atomic E-state index is -0.362. The van der Waals surface area contributed by atoms with Crippen LogP contribution >= 0.6 is 23.4 Å². The van der Waals surface area contributed by atoms with Crippen LogP contribution < -0.4 is 0 Å². The lowest BCUT2D eigenvalue weighted by Crippen LogP contribution is -1.96. The third-order valence-electron chi connectivity index (χ3n) is 2.04. The van der Waals surface area contributed by atoms with Gasteiger partial charge in [-0.15, -0.1) is 11.6 Å². The first-order valence-electron chi connectivity index (χ1n) is 4.89. The highest BCUT2D eigenvalue weighted by atomic mass is 35.5. The molecule has 1 aromatic heterocycles. The topological polar surface area (TPSA) is 61.0 Å². The van der Waals surface area contributed by atoms with E-state index in [2.05, 4.69) is 5.10 Å². The molecule has 0 aliphatic rings. The van der Waals surface area contributed by atoms with Gasteiger partial charge in [0.25, 0.3) is 0 Å². The van der Waals surface area contributed by atoms with Crippen LogP contribution in [0.3, 0.4) is 0 Å². The Morgan fingerprint density at radius 3 is 2.69 bits per heavy atom. The molecule has 0 aromatic carbocycles. The lowest BCUT2D eigenvalue weighted by Gasteiger charge is -1.99. The predicted octanol–water partition coefficient (Wildman–Crippen LogP) is 2.78. The number of halogens is 1. The Labute approximate surface area is 103 Å². The van der Waals surface area contributed by atoms with Crippen LogP contribution in [-0.2, 0) is 7.05 Å².